The van der Waals surface area contributed by atoms with Crippen LogP contribution in [-0.4, -0.2) is 81.0 Å². The topological polar surface area (TPSA) is 133 Å². The smallest absolute Gasteiger partial charge is 0.303 e. The van der Waals surface area contributed by atoms with E-state index in [4.69, 9.17) is 33.2 Å². The van der Waals surface area contributed by atoms with Crippen molar-refractivity contribution in [2.75, 3.05) is 26.4 Å². The second kappa shape index (κ2) is 21.3. The van der Waals surface area contributed by atoms with Gasteiger partial charge in [-0.1, -0.05) is 70.4 Å². The molecule has 0 N–H and O–H groups in total. The average Bonchev–Trinajstić information content (AvgIpc) is 2.87. The SMILES string of the molecule is CCCCCCCCCCCOC/C=C\CO[C@@H]1O[C@H](COC(C)=O)[C@H](OC(C)=O)[C@H](OC(C)=O)[C@H]1OC(C)=O. The molecule has 0 unspecified atom stereocenters. The molecule has 230 valence electrons. The predicted molar refractivity (Wildman–Crippen MR) is 145 cm³/mol. The number of ether oxygens (including phenoxy) is 7. The van der Waals surface area contributed by atoms with E-state index >= 15 is 0 Å². The fraction of sp³-hybridized carbons (Fsp3) is 0.793. The molecule has 1 aliphatic rings. The molecule has 0 radical (unpaired) electrons. The van der Waals surface area contributed by atoms with Gasteiger partial charge in [-0.3, -0.25) is 19.2 Å². The molecule has 1 aliphatic heterocycles. The first-order valence-corrected chi connectivity index (χ1v) is 14.3. The minimum Gasteiger partial charge on any atom is -0.463 e. The van der Waals surface area contributed by atoms with E-state index in [1.165, 1.54) is 72.6 Å². The van der Waals surface area contributed by atoms with Gasteiger partial charge in [0.05, 0.1) is 13.2 Å². The quantitative estimate of drug-likeness (QED) is 0.0900. The van der Waals surface area contributed by atoms with Crippen LogP contribution in [0.15, 0.2) is 12.2 Å². The molecule has 1 rings (SSSR count). The molecule has 40 heavy (non-hydrogen) atoms. The Morgan fingerprint density at radius 2 is 1.18 bits per heavy atom. The lowest BCUT2D eigenvalue weighted by molar-refractivity contribution is -0.306. The van der Waals surface area contributed by atoms with Gasteiger partial charge in [0.15, 0.2) is 24.6 Å². The molecule has 0 bridgehead atoms. The van der Waals surface area contributed by atoms with E-state index in [-0.39, 0.29) is 13.2 Å². The second-order valence-corrected chi connectivity index (χ2v) is 9.78. The summed E-state index contributed by atoms with van der Waals surface area (Å²) >= 11 is 0. The molecular formula is C29H48O11. The molecule has 0 spiro atoms. The molecule has 0 saturated carbocycles. The van der Waals surface area contributed by atoms with Crippen molar-refractivity contribution < 1.29 is 52.3 Å². The second-order valence-electron chi connectivity index (χ2n) is 9.78. The van der Waals surface area contributed by atoms with Crippen LogP contribution in [0.3, 0.4) is 0 Å². The third kappa shape index (κ3) is 15.9. The molecule has 1 fully saturated rings. The van der Waals surface area contributed by atoms with Gasteiger partial charge in [0.2, 0.25) is 0 Å². The summed E-state index contributed by atoms with van der Waals surface area (Å²) in [4.78, 5) is 46.9. The van der Waals surface area contributed by atoms with E-state index in [1.54, 1.807) is 12.2 Å². The Balaban J connectivity index is 2.62. The van der Waals surface area contributed by atoms with Gasteiger partial charge in [0.25, 0.3) is 0 Å². The number of hydrogen-bond donors (Lipinski definition) is 0. The first kappa shape index (κ1) is 35.5. The van der Waals surface area contributed by atoms with Crippen LogP contribution in [0.4, 0.5) is 0 Å². The van der Waals surface area contributed by atoms with Crippen LogP contribution in [0.1, 0.15) is 92.4 Å². The summed E-state index contributed by atoms with van der Waals surface area (Å²) in [5, 5.41) is 0. The summed E-state index contributed by atoms with van der Waals surface area (Å²) in [6.07, 6.45) is 8.83. The molecule has 0 aromatic rings. The van der Waals surface area contributed by atoms with Crippen molar-refractivity contribution in [3.8, 4) is 0 Å². The molecule has 1 saturated heterocycles. The molecule has 11 heteroatoms. The van der Waals surface area contributed by atoms with Crippen molar-refractivity contribution in [3.05, 3.63) is 12.2 Å². The van der Waals surface area contributed by atoms with Gasteiger partial charge in [0, 0.05) is 34.3 Å². The van der Waals surface area contributed by atoms with Crippen LogP contribution < -0.4 is 0 Å². The monoisotopic (exact) mass is 572 g/mol. The van der Waals surface area contributed by atoms with Gasteiger partial charge in [0.1, 0.15) is 12.7 Å². The van der Waals surface area contributed by atoms with Gasteiger partial charge < -0.3 is 33.2 Å². The van der Waals surface area contributed by atoms with E-state index in [2.05, 4.69) is 6.92 Å². The summed E-state index contributed by atoms with van der Waals surface area (Å²) in [6, 6.07) is 0. The lowest BCUT2D eigenvalue weighted by Crippen LogP contribution is -2.62. The van der Waals surface area contributed by atoms with E-state index in [9.17, 15) is 19.2 Å². The molecule has 5 atom stereocenters. The zero-order valence-corrected chi connectivity index (χ0v) is 24.7. The maximum atomic E-state index is 11.9. The molecular weight excluding hydrogens is 524 g/mol. The number of esters is 4. The van der Waals surface area contributed by atoms with Crippen LogP contribution in [0.2, 0.25) is 0 Å². The summed E-state index contributed by atoms with van der Waals surface area (Å²) in [5.74, 6) is -2.65. The number of hydrogen-bond acceptors (Lipinski definition) is 11. The Labute approximate surface area is 238 Å². The zero-order chi connectivity index (χ0) is 29.8. The van der Waals surface area contributed by atoms with Crippen molar-refractivity contribution >= 4 is 23.9 Å². The lowest BCUT2D eigenvalue weighted by Gasteiger charge is -2.43. The minimum atomic E-state index is -1.26. The number of rotatable bonds is 20. The van der Waals surface area contributed by atoms with Crippen molar-refractivity contribution in [1.82, 2.24) is 0 Å². The van der Waals surface area contributed by atoms with Crippen LogP contribution in [-0.2, 0) is 52.3 Å². The van der Waals surface area contributed by atoms with Crippen molar-refractivity contribution in [2.45, 2.75) is 123 Å². The van der Waals surface area contributed by atoms with Gasteiger partial charge in [-0.25, -0.2) is 0 Å². The first-order chi connectivity index (χ1) is 19.1. The Morgan fingerprint density at radius 1 is 0.650 bits per heavy atom. The van der Waals surface area contributed by atoms with Crippen LogP contribution in [0, 0.1) is 0 Å². The summed E-state index contributed by atoms with van der Waals surface area (Å²) in [5.41, 5.74) is 0. The Hall–Kier alpha value is -2.50. The summed E-state index contributed by atoms with van der Waals surface area (Å²) < 4.78 is 38.5. The summed E-state index contributed by atoms with van der Waals surface area (Å²) in [6.45, 7) is 7.81. The third-order valence-electron chi connectivity index (χ3n) is 6.08. The fourth-order valence-electron chi connectivity index (χ4n) is 4.28. The number of carbonyl (C=O) groups excluding carboxylic acids is 4. The fourth-order valence-corrected chi connectivity index (χ4v) is 4.28. The highest BCUT2D eigenvalue weighted by Crippen LogP contribution is 2.30. The summed E-state index contributed by atoms with van der Waals surface area (Å²) in [7, 11) is 0. The van der Waals surface area contributed by atoms with Gasteiger partial charge in [-0.05, 0) is 6.42 Å². The third-order valence-corrected chi connectivity index (χ3v) is 6.08. The largest absolute Gasteiger partial charge is 0.463 e. The van der Waals surface area contributed by atoms with Crippen molar-refractivity contribution in [2.24, 2.45) is 0 Å². The van der Waals surface area contributed by atoms with Crippen molar-refractivity contribution in [1.29, 1.82) is 0 Å². The lowest BCUT2D eigenvalue weighted by atomic mass is 9.98. The van der Waals surface area contributed by atoms with E-state index in [0.29, 0.717) is 13.2 Å². The minimum absolute atomic E-state index is 0.0646. The predicted octanol–water partition coefficient (Wildman–Crippen LogP) is 4.19. The van der Waals surface area contributed by atoms with Gasteiger partial charge in [-0.15, -0.1) is 0 Å². The number of unbranched alkanes of at least 4 members (excludes halogenated alkanes) is 8. The van der Waals surface area contributed by atoms with E-state index in [1.807, 2.05) is 0 Å². The Kier molecular flexibility index (Phi) is 18.9. The van der Waals surface area contributed by atoms with Crippen molar-refractivity contribution in [3.63, 3.8) is 0 Å². The standard InChI is InChI=1S/C29H48O11/c1-6-7-8-9-10-11-12-13-14-17-34-18-15-16-19-35-29-28(39-24(5)33)27(38-23(4)32)26(37-22(3)31)25(40-29)20-36-21(2)30/h15-16,25-29H,6-14,17-20H2,1-5H3/b16-15-/t25-,26+,27+,28-,29-/m1/s1. The van der Waals surface area contributed by atoms with E-state index in [0.717, 1.165) is 12.8 Å². The maximum absolute atomic E-state index is 11.9. The zero-order valence-electron chi connectivity index (χ0n) is 24.7. The van der Waals surface area contributed by atoms with Crippen LogP contribution in [0.5, 0.6) is 0 Å². The maximum Gasteiger partial charge on any atom is 0.303 e. The Morgan fingerprint density at radius 3 is 1.75 bits per heavy atom. The molecule has 0 aromatic heterocycles. The number of carbonyl (C=O) groups is 4. The normalized spacial score (nSPS) is 22.6. The molecule has 0 amide bonds. The highest BCUT2D eigenvalue weighted by Gasteiger charge is 2.52. The van der Waals surface area contributed by atoms with Gasteiger partial charge >= 0.3 is 23.9 Å². The average molecular weight is 573 g/mol. The molecule has 0 aromatic carbocycles. The Bertz CT molecular complexity index is 782. The highest BCUT2D eigenvalue weighted by molar-refractivity contribution is 5.68. The highest BCUT2D eigenvalue weighted by atomic mass is 16.7. The van der Waals surface area contributed by atoms with Gasteiger partial charge in [-0.2, -0.15) is 0 Å². The first-order valence-electron chi connectivity index (χ1n) is 14.3. The van der Waals surface area contributed by atoms with E-state index < -0.39 is 54.6 Å². The molecule has 0 aliphatic carbocycles. The molecule has 1 heterocycles. The van der Waals surface area contributed by atoms with Crippen LogP contribution in [0.25, 0.3) is 0 Å². The van der Waals surface area contributed by atoms with Crippen LogP contribution >= 0.6 is 0 Å². The molecule has 11 nitrogen and oxygen atoms in total.